The zero-order chi connectivity index (χ0) is 20.1. The van der Waals surface area contributed by atoms with Crippen LogP contribution >= 0.6 is 56.9 Å². The molecule has 0 atom stereocenters. The molecule has 1 aromatic carbocycles. The van der Waals surface area contributed by atoms with E-state index in [-0.39, 0.29) is 17.6 Å². The molecule has 1 aliphatic rings. The molecule has 1 saturated heterocycles. The van der Waals surface area contributed by atoms with E-state index in [9.17, 15) is 14.4 Å². The largest absolute Gasteiger partial charge is 0.487 e. The number of benzene rings is 1. The normalized spacial score (nSPS) is 15.6. The lowest BCUT2D eigenvalue weighted by molar-refractivity contribution is -0.149. The van der Waals surface area contributed by atoms with Crippen LogP contribution < -0.4 is 4.74 Å². The van der Waals surface area contributed by atoms with E-state index in [4.69, 9.17) is 9.47 Å². The lowest BCUT2D eigenvalue weighted by Gasteiger charge is -2.13. The van der Waals surface area contributed by atoms with Crippen LogP contribution in [0.15, 0.2) is 29.7 Å². The average molecular weight is 613 g/mol. The van der Waals surface area contributed by atoms with E-state index in [0.717, 1.165) is 35.1 Å². The van der Waals surface area contributed by atoms with Crippen LogP contribution in [0.1, 0.15) is 19.4 Å². The van der Waals surface area contributed by atoms with Gasteiger partial charge in [0.15, 0.2) is 0 Å². The van der Waals surface area contributed by atoms with Crippen LogP contribution in [0.25, 0.3) is 6.08 Å². The summed E-state index contributed by atoms with van der Waals surface area (Å²) in [6.45, 7) is 7.06. The Morgan fingerprint density at radius 2 is 1.93 bits per heavy atom. The summed E-state index contributed by atoms with van der Waals surface area (Å²) >= 11 is 5.12. The summed E-state index contributed by atoms with van der Waals surface area (Å²) in [6, 6.07) is 3.73. The number of hydrogen-bond acceptors (Lipinski definition) is 6. The summed E-state index contributed by atoms with van der Waals surface area (Å²) < 4.78 is 12.4. The van der Waals surface area contributed by atoms with Gasteiger partial charge in [0.05, 0.1) is 18.1 Å². The van der Waals surface area contributed by atoms with E-state index in [2.05, 4.69) is 51.8 Å². The Labute approximate surface area is 189 Å². The highest BCUT2D eigenvalue weighted by Gasteiger charge is 2.36. The molecule has 0 unspecified atom stereocenters. The number of esters is 1. The van der Waals surface area contributed by atoms with Gasteiger partial charge in [0.2, 0.25) is 0 Å². The fraction of sp³-hybridized carbons (Fsp3) is 0.278. The standard InChI is InChI=1S/C18H17I2NO5S/c1-4-5-25-16-12(19)6-11(7-13(16)20)8-14-17(23)21(18(24)27-14)9-15(22)26-10(2)3/h4,6-8,10H,1,5,9H2,2-3H3/b14-8+. The van der Waals surface area contributed by atoms with E-state index in [1.165, 1.54) is 0 Å². The highest BCUT2D eigenvalue weighted by Crippen LogP contribution is 2.34. The number of nitrogens with zero attached hydrogens (tertiary/aromatic N) is 1. The van der Waals surface area contributed by atoms with Crippen molar-refractivity contribution in [1.82, 2.24) is 4.90 Å². The van der Waals surface area contributed by atoms with E-state index in [1.54, 1.807) is 26.0 Å². The second-order valence-electron chi connectivity index (χ2n) is 5.72. The molecule has 0 spiro atoms. The number of carbonyl (C=O) groups is 3. The topological polar surface area (TPSA) is 72.9 Å². The predicted octanol–water partition coefficient (Wildman–Crippen LogP) is 4.45. The second-order valence-corrected chi connectivity index (χ2v) is 9.04. The number of imide groups is 1. The van der Waals surface area contributed by atoms with Crippen molar-refractivity contribution in [2.75, 3.05) is 13.2 Å². The van der Waals surface area contributed by atoms with Gasteiger partial charge in [-0.25, -0.2) is 0 Å². The van der Waals surface area contributed by atoms with Crippen LogP contribution in [0.4, 0.5) is 4.79 Å². The molecule has 0 N–H and O–H groups in total. The Kier molecular flexibility index (Phi) is 8.16. The SMILES string of the molecule is C=CCOc1c(I)cc(/C=C2/SC(=O)N(CC(=O)OC(C)C)C2=O)cc1I. The Balaban J connectivity index is 2.20. The lowest BCUT2D eigenvalue weighted by Crippen LogP contribution is -2.35. The average Bonchev–Trinajstić information content (AvgIpc) is 2.81. The minimum Gasteiger partial charge on any atom is -0.487 e. The summed E-state index contributed by atoms with van der Waals surface area (Å²) in [6.07, 6.45) is 3.00. The molecule has 1 aromatic rings. The molecule has 144 valence electrons. The highest BCUT2D eigenvalue weighted by atomic mass is 127. The Hall–Kier alpha value is -1.08. The van der Waals surface area contributed by atoms with Crippen molar-refractivity contribution < 1.29 is 23.9 Å². The predicted molar refractivity (Wildman–Crippen MR) is 121 cm³/mol. The van der Waals surface area contributed by atoms with Crippen LogP contribution in [-0.2, 0) is 14.3 Å². The van der Waals surface area contributed by atoms with Gasteiger partial charge in [0.25, 0.3) is 11.1 Å². The van der Waals surface area contributed by atoms with Crippen LogP contribution in [0.2, 0.25) is 0 Å². The molecule has 6 nitrogen and oxygen atoms in total. The number of thioether (sulfide) groups is 1. The van der Waals surface area contributed by atoms with E-state index < -0.39 is 17.1 Å². The molecule has 2 rings (SSSR count). The molecule has 1 fully saturated rings. The smallest absolute Gasteiger partial charge is 0.326 e. The molecular formula is C18H17I2NO5S. The zero-order valence-corrected chi connectivity index (χ0v) is 19.8. The maximum Gasteiger partial charge on any atom is 0.326 e. The molecule has 0 aromatic heterocycles. The van der Waals surface area contributed by atoms with Gasteiger partial charge in [-0.15, -0.1) is 0 Å². The molecule has 2 amide bonds. The van der Waals surface area contributed by atoms with E-state index in [0.29, 0.717) is 6.61 Å². The number of amides is 2. The summed E-state index contributed by atoms with van der Waals surface area (Å²) in [5.41, 5.74) is 0.769. The van der Waals surface area contributed by atoms with Crippen molar-refractivity contribution >= 4 is 80.1 Å². The third-order valence-electron chi connectivity index (χ3n) is 3.19. The maximum absolute atomic E-state index is 12.5. The van der Waals surface area contributed by atoms with Crippen molar-refractivity contribution in [3.05, 3.63) is 42.4 Å². The first-order valence-corrected chi connectivity index (χ1v) is 10.9. The van der Waals surface area contributed by atoms with Crippen molar-refractivity contribution in [2.45, 2.75) is 20.0 Å². The minimum absolute atomic E-state index is 0.267. The van der Waals surface area contributed by atoms with Crippen LogP contribution in [-0.4, -0.2) is 41.3 Å². The molecule has 0 bridgehead atoms. The minimum atomic E-state index is -0.610. The number of ether oxygens (including phenoxy) is 2. The van der Waals surface area contributed by atoms with Crippen molar-refractivity contribution in [1.29, 1.82) is 0 Å². The maximum atomic E-state index is 12.5. The number of hydrogen-bond donors (Lipinski definition) is 0. The van der Waals surface area contributed by atoms with Crippen molar-refractivity contribution in [3.8, 4) is 5.75 Å². The molecule has 0 saturated carbocycles. The third-order valence-corrected chi connectivity index (χ3v) is 5.70. The van der Waals surface area contributed by atoms with E-state index >= 15 is 0 Å². The van der Waals surface area contributed by atoms with Gasteiger partial charge in [-0.2, -0.15) is 0 Å². The number of carbonyl (C=O) groups excluding carboxylic acids is 3. The lowest BCUT2D eigenvalue weighted by atomic mass is 10.2. The fourth-order valence-corrected chi connectivity index (χ4v) is 5.13. The molecule has 1 heterocycles. The zero-order valence-electron chi connectivity index (χ0n) is 14.7. The summed E-state index contributed by atoms with van der Waals surface area (Å²) in [5.74, 6) is -0.359. The quantitative estimate of drug-likeness (QED) is 0.196. The van der Waals surface area contributed by atoms with Crippen LogP contribution in [0.5, 0.6) is 5.75 Å². The first-order valence-electron chi connectivity index (χ1n) is 7.90. The molecule has 0 aliphatic carbocycles. The van der Waals surface area contributed by atoms with Gasteiger partial charge < -0.3 is 9.47 Å². The second kappa shape index (κ2) is 9.92. The van der Waals surface area contributed by atoms with Gasteiger partial charge in [-0.05, 0) is 94.6 Å². The Morgan fingerprint density at radius 3 is 2.48 bits per heavy atom. The van der Waals surface area contributed by atoms with Gasteiger partial charge >= 0.3 is 5.97 Å². The first-order chi connectivity index (χ1) is 12.7. The van der Waals surface area contributed by atoms with Gasteiger partial charge in [-0.3, -0.25) is 19.3 Å². The highest BCUT2D eigenvalue weighted by molar-refractivity contribution is 14.1. The first kappa shape index (κ1) is 22.2. The molecule has 9 heteroatoms. The van der Waals surface area contributed by atoms with Gasteiger partial charge in [-0.1, -0.05) is 12.7 Å². The molecule has 1 aliphatic heterocycles. The number of rotatable bonds is 7. The van der Waals surface area contributed by atoms with Crippen molar-refractivity contribution in [2.24, 2.45) is 0 Å². The Bertz CT molecular complexity index is 799. The Morgan fingerprint density at radius 1 is 1.30 bits per heavy atom. The summed E-state index contributed by atoms with van der Waals surface area (Å²) in [4.78, 5) is 37.5. The van der Waals surface area contributed by atoms with Gasteiger partial charge in [0, 0.05) is 0 Å². The van der Waals surface area contributed by atoms with Crippen molar-refractivity contribution in [3.63, 3.8) is 0 Å². The van der Waals surface area contributed by atoms with Gasteiger partial charge in [0.1, 0.15) is 18.9 Å². The van der Waals surface area contributed by atoms with E-state index in [1.807, 2.05) is 12.1 Å². The summed E-state index contributed by atoms with van der Waals surface area (Å²) in [5, 5.41) is -0.484. The molecule has 0 radical (unpaired) electrons. The monoisotopic (exact) mass is 613 g/mol. The number of halogens is 2. The van der Waals surface area contributed by atoms with Crippen LogP contribution in [0, 0.1) is 7.14 Å². The third kappa shape index (κ3) is 5.95. The fourth-order valence-electron chi connectivity index (χ4n) is 2.16. The van der Waals surface area contributed by atoms with Crippen LogP contribution in [0.3, 0.4) is 0 Å². The molecular weight excluding hydrogens is 596 g/mol. The molecule has 27 heavy (non-hydrogen) atoms. The summed E-state index contributed by atoms with van der Waals surface area (Å²) in [7, 11) is 0.